The van der Waals surface area contributed by atoms with Gasteiger partial charge in [0.2, 0.25) is 5.91 Å². The number of allylic oxidation sites excluding steroid dienone is 2. The molecule has 9 atom stereocenters. The zero-order chi connectivity index (χ0) is 61.0. The van der Waals surface area contributed by atoms with Crippen LogP contribution in [0, 0.1) is 0 Å². The van der Waals surface area contributed by atoms with E-state index in [9.17, 15) is 40.5 Å². The molecule has 0 radical (unpaired) electrons. The fourth-order valence-corrected chi connectivity index (χ4v) is 12.4. The average molecular weight is 1190 g/mol. The van der Waals surface area contributed by atoms with E-state index in [0.29, 0.717) is 12.8 Å². The summed E-state index contributed by atoms with van der Waals surface area (Å²) in [4.78, 5) is 13.2. The third kappa shape index (κ3) is 48.7. The summed E-state index contributed by atoms with van der Waals surface area (Å²) in [6, 6.07) is -1.18. The average Bonchev–Trinajstić information content (AvgIpc) is 3.66. The lowest BCUT2D eigenvalue weighted by Crippen LogP contribution is -2.60. The number of ether oxygens (including phenoxy) is 2. The number of aliphatic hydroxyl groups excluding tert-OH is 7. The summed E-state index contributed by atoms with van der Waals surface area (Å²) in [5.41, 5.74) is 0. The number of nitrogens with one attached hydrogen (secondary N) is 1. The summed E-state index contributed by atoms with van der Waals surface area (Å²) in [6.07, 6.45) is 66.2. The van der Waals surface area contributed by atoms with Gasteiger partial charge in [0.15, 0.2) is 6.29 Å². The zero-order valence-electron chi connectivity index (χ0n) is 55.4. The smallest absolute Gasteiger partial charge is 0.249 e. The van der Waals surface area contributed by atoms with E-state index in [1.807, 2.05) is 0 Å². The summed E-state index contributed by atoms with van der Waals surface area (Å²) < 4.78 is 11.2. The molecular formula is C73H143NO10. The fraction of sp³-hybridized carbons (Fsp3) is 0.959. The van der Waals surface area contributed by atoms with Gasteiger partial charge in [-0.3, -0.25) is 4.79 Å². The van der Waals surface area contributed by atoms with Crippen molar-refractivity contribution in [1.82, 2.24) is 5.32 Å². The van der Waals surface area contributed by atoms with E-state index in [4.69, 9.17) is 9.47 Å². The van der Waals surface area contributed by atoms with Gasteiger partial charge in [-0.25, -0.2) is 0 Å². The Morgan fingerprint density at radius 3 is 1.02 bits per heavy atom. The van der Waals surface area contributed by atoms with E-state index in [2.05, 4.69) is 31.3 Å². The van der Waals surface area contributed by atoms with Crippen molar-refractivity contribution in [3.05, 3.63) is 12.2 Å². The molecule has 1 amide bonds. The summed E-state index contributed by atoms with van der Waals surface area (Å²) >= 11 is 0. The van der Waals surface area contributed by atoms with Crippen molar-refractivity contribution in [3.63, 3.8) is 0 Å². The van der Waals surface area contributed by atoms with Crippen molar-refractivity contribution in [2.45, 2.75) is 435 Å². The van der Waals surface area contributed by atoms with Crippen LogP contribution in [0.2, 0.25) is 0 Å². The summed E-state index contributed by atoms with van der Waals surface area (Å²) in [5, 5.41) is 76.4. The second-order valence-corrected chi connectivity index (χ2v) is 26.4. The summed E-state index contributed by atoms with van der Waals surface area (Å²) in [6.45, 7) is 3.50. The van der Waals surface area contributed by atoms with Crippen molar-refractivity contribution >= 4 is 5.91 Å². The standard InChI is InChI=1S/C73H143NO10/c1-3-5-7-9-11-13-15-17-19-21-23-24-25-26-27-28-29-30-31-32-33-34-35-36-37-38-39-40-41-43-45-47-49-51-53-55-57-59-61-66(77)72(82)74-64(63-83-73-71(81)70(80)69(79)67(62-75)84-73)68(78)65(76)60-58-56-54-52-50-48-46-44-42-22-20-18-16-14-12-10-8-6-4-2/h52,54,64-71,73,75-81H,3-51,53,55-63H2,1-2H3,(H,74,82)/b54-52+. The molecule has 0 aliphatic carbocycles. The van der Waals surface area contributed by atoms with Crippen LogP contribution in [0.25, 0.3) is 0 Å². The third-order valence-electron chi connectivity index (χ3n) is 18.3. The lowest BCUT2D eigenvalue weighted by molar-refractivity contribution is -0.303. The highest BCUT2D eigenvalue weighted by molar-refractivity contribution is 5.80. The van der Waals surface area contributed by atoms with Crippen molar-refractivity contribution in [1.29, 1.82) is 0 Å². The first-order chi connectivity index (χ1) is 41.2. The molecule has 0 aromatic carbocycles. The predicted molar refractivity (Wildman–Crippen MR) is 353 cm³/mol. The van der Waals surface area contributed by atoms with Crippen LogP contribution in [-0.4, -0.2) is 110 Å². The molecule has 1 saturated heterocycles. The van der Waals surface area contributed by atoms with Gasteiger partial charge in [0, 0.05) is 0 Å². The van der Waals surface area contributed by atoms with Gasteiger partial charge in [-0.15, -0.1) is 0 Å². The number of aliphatic hydroxyl groups is 7. The minimum atomic E-state index is -1.67. The van der Waals surface area contributed by atoms with Gasteiger partial charge in [0.25, 0.3) is 0 Å². The maximum Gasteiger partial charge on any atom is 0.249 e. The van der Waals surface area contributed by atoms with E-state index < -0.39 is 74.2 Å². The molecule has 0 spiro atoms. The molecule has 1 fully saturated rings. The number of carbonyl (C=O) groups is 1. The second-order valence-electron chi connectivity index (χ2n) is 26.4. The molecule has 11 heteroatoms. The van der Waals surface area contributed by atoms with E-state index in [-0.39, 0.29) is 12.8 Å². The quantitative estimate of drug-likeness (QED) is 0.0215. The Bertz CT molecular complexity index is 1370. The molecular weight excluding hydrogens is 1050 g/mol. The fourth-order valence-electron chi connectivity index (χ4n) is 12.4. The first-order valence-electron chi connectivity index (χ1n) is 37.1. The maximum absolute atomic E-state index is 13.2. The van der Waals surface area contributed by atoms with E-state index >= 15 is 0 Å². The van der Waals surface area contributed by atoms with E-state index in [1.165, 1.54) is 302 Å². The summed E-state index contributed by atoms with van der Waals surface area (Å²) in [5.74, 6) is -0.698. The third-order valence-corrected chi connectivity index (χ3v) is 18.3. The molecule has 0 aromatic heterocycles. The topological polar surface area (TPSA) is 189 Å². The molecule has 1 aliphatic rings. The molecule has 1 aliphatic heterocycles. The Morgan fingerprint density at radius 1 is 0.405 bits per heavy atom. The van der Waals surface area contributed by atoms with Gasteiger partial charge in [-0.2, -0.15) is 0 Å². The highest BCUT2D eigenvalue weighted by Gasteiger charge is 2.44. The molecule has 9 unspecified atom stereocenters. The minimum Gasteiger partial charge on any atom is -0.394 e. The van der Waals surface area contributed by atoms with Crippen LogP contribution < -0.4 is 5.32 Å². The van der Waals surface area contributed by atoms with Crippen molar-refractivity contribution in [2.75, 3.05) is 13.2 Å². The van der Waals surface area contributed by atoms with Gasteiger partial charge in [0.05, 0.1) is 25.4 Å². The zero-order valence-corrected chi connectivity index (χ0v) is 55.4. The first kappa shape index (κ1) is 80.9. The van der Waals surface area contributed by atoms with Crippen LogP contribution in [0.15, 0.2) is 12.2 Å². The van der Waals surface area contributed by atoms with Gasteiger partial charge >= 0.3 is 0 Å². The number of unbranched alkanes of at least 4 members (excludes halogenated alkanes) is 52. The lowest BCUT2D eigenvalue weighted by atomic mass is 9.98. The minimum absolute atomic E-state index is 0.260. The molecule has 1 heterocycles. The van der Waals surface area contributed by atoms with Crippen LogP contribution >= 0.6 is 0 Å². The predicted octanol–water partition coefficient (Wildman–Crippen LogP) is 18.2. The number of rotatable bonds is 66. The lowest BCUT2D eigenvalue weighted by Gasteiger charge is -2.40. The molecule has 0 saturated carbocycles. The molecule has 84 heavy (non-hydrogen) atoms. The summed E-state index contributed by atoms with van der Waals surface area (Å²) in [7, 11) is 0. The molecule has 8 N–H and O–H groups in total. The molecule has 1 rings (SSSR count). The second kappa shape index (κ2) is 62.1. The van der Waals surface area contributed by atoms with Crippen LogP contribution in [0.1, 0.15) is 380 Å². The van der Waals surface area contributed by atoms with Crippen LogP contribution in [0.5, 0.6) is 0 Å². The Morgan fingerprint density at radius 2 is 0.702 bits per heavy atom. The van der Waals surface area contributed by atoms with Gasteiger partial charge < -0.3 is 50.5 Å². The van der Waals surface area contributed by atoms with Gasteiger partial charge in [-0.05, 0) is 38.5 Å². The molecule has 0 bridgehead atoms. The van der Waals surface area contributed by atoms with Gasteiger partial charge in [-0.1, -0.05) is 353 Å². The number of hydrogen-bond acceptors (Lipinski definition) is 10. The Kier molecular flexibility index (Phi) is 59.7. The highest BCUT2D eigenvalue weighted by atomic mass is 16.7. The Balaban J connectivity index is 2.11. The van der Waals surface area contributed by atoms with Crippen molar-refractivity contribution in [2.24, 2.45) is 0 Å². The number of hydrogen-bond donors (Lipinski definition) is 8. The first-order valence-corrected chi connectivity index (χ1v) is 37.1. The maximum atomic E-state index is 13.2. The monoisotopic (exact) mass is 1190 g/mol. The van der Waals surface area contributed by atoms with Gasteiger partial charge in [0.1, 0.15) is 36.6 Å². The Labute approximate surface area is 519 Å². The largest absolute Gasteiger partial charge is 0.394 e. The normalized spacial score (nSPS) is 18.9. The van der Waals surface area contributed by atoms with Crippen LogP contribution in [0.4, 0.5) is 0 Å². The van der Waals surface area contributed by atoms with Crippen molar-refractivity contribution < 1.29 is 50.0 Å². The molecule has 500 valence electrons. The SMILES string of the molecule is CCCCCCCCCCCCCCCC/C=C/CCCC(O)C(O)C(COC1OC(CO)C(O)C(O)C1O)NC(=O)C(O)CCCCCCCCCCCCCCCCCCCCCCCCCCCCCCCCCCCCCCCC. The highest BCUT2D eigenvalue weighted by Crippen LogP contribution is 2.24. The Hall–Kier alpha value is -1.15. The van der Waals surface area contributed by atoms with E-state index in [0.717, 1.165) is 38.5 Å². The van der Waals surface area contributed by atoms with Crippen LogP contribution in [0.3, 0.4) is 0 Å². The number of amides is 1. The van der Waals surface area contributed by atoms with Crippen LogP contribution in [-0.2, 0) is 14.3 Å². The van der Waals surface area contributed by atoms with Crippen molar-refractivity contribution in [3.8, 4) is 0 Å². The van der Waals surface area contributed by atoms with E-state index in [1.54, 1.807) is 0 Å². The molecule has 11 nitrogen and oxygen atoms in total. The number of carbonyl (C=O) groups excluding carboxylic acids is 1. The molecule has 0 aromatic rings.